The number of rotatable bonds is 4. The van der Waals surface area contributed by atoms with Gasteiger partial charge in [-0.05, 0) is 36.8 Å². The van der Waals surface area contributed by atoms with Crippen molar-refractivity contribution < 1.29 is 4.52 Å². The third kappa shape index (κ3) is 2.16. The Bertz CT molecular complexity index is 589. The van der Waals surface area contributed by atoms with E-state index < -0.39 is 0 Å². The molecule has 0 bridgehead atoms. The first-order valence-corrected chi connectivity index (χ1v) is 7.04. The van der Waals surface area contributed by atoms with Crippen LogP contribution in [0.1, 0.15) is 48.0 Å². The third-order valence-corrected chi connectivity index (χ3v) is 4.05. The van der Waals surface area contributed by atoms with Crippen LogP contribution in [0.2, 0.25) is 0 Å². The molecule has 4 rings (SSSR count). The van der Waals surface area contributed by atoms with Crippen molar-refractivity contribution in [1.82, 2.24) is 15.5 Å². The molecule has 4 heteroatoms. The highest BCUT2D eigenvalue weighted by molar-refractivity contribution is 5.38. The summed E-state index contributed by atoms with van der Waals surface area (Å²) < 4.78 is 5.35. The zero-order valence-electron chi connectivity index (χ0n) is 10.8. The van der Waals surface area contributed by atoms with Gasteiger partial charge in [-0.15, -0.1) is 0 Å². The predicted molar refractivity (Wildman–Crippen MR) is 70.8 cm³/mol. The number of nitrogens with one attached hydrogen (secondary N) is 1. The first-order chi connectivity index (χ1) is 9.40. The summed E-state index contributed by atoms with van der Waals surface area (Å²) in [4.78, 5) is 4.55. The minimum atomic E-state index is 0.314. The summed E-state index contributed by atoms with van der Waals surface area (Å²) in [5.41, 5.74) is 2.79. The number of hydrogen-bond donors (Lipinski definition) is 1. The van der Waals surface area contributed by atoms with Crippen molar-refractivity contribution in [1.29, 1.82) is 0 Å². The molecule has 4 nitrogen and oxygen atoms in total. The summed E-state index contributed by atoms with van der Waals surface area (Å²) in [6, 6.07) is 9.24. The van der Waals surface area contributed by atoms with Gasteiger partial charge in [0.2, 0.25) is 5.89 Å². The van der Waals surface area contributed by atoms with E-state index in [4.69, 9.17) is 4.52 Å². The van der Waals surface area contributed by atoms with E-state index in [9.17, 15) is 0 Å². The molecule has 1 aromatic carbocycles. The fraction of sp³-hybridized carbons (Fsp3) is 0.467. The average Bonchev–Trinajstić information content (AvgIpc) is 3.00. The van der Waals surface area contributed by atoms with E-state index in [0.717, 1.165) is 18.7 Å². The summed E-state index contributed by atoms with van der Waals surface area (Å²) in [6.45, 7) is 0.700. The van der Waals surface area contributed by atoms with Crippen LogP contribution in [0.4, 0.5) is 0 Å². The van der Waals surface area contributed by atoms with Gasteiger partial charge in [0, 0.05) is 12.0 Å². The molecule has 0 saturated heterocycles. The second-order valence-corrected chi connectivity index (χ2v) is 5.49. The number of hydrogen-bond acceptors (Lipinski definition) is 4. The molecule has 2 aliphatic rings. The number of nitrogens with zero attached hydrogens (tertiary/aromatic N) is 2. The molecule has 2 aliphatic carbocycles. The highest BCUT2D eigenvalue weighted by Gasteiger charge is 2.28. The van der Waals surface area contributed by atoms with Gasteiger partial charge >= 0.3 is 0 Å². The maximum absolute atomic E-state index is 5.35. The van der Waals surface area contributed by atoms with E-state index in [1.165, 1.54) is 24.0 Å². The minimum absolute atomic E-state index is 0.314. The van der Waals surface area contributed by atoms with E-state index in [1.807, 2.05) is 0 Å². The molecule has 1 atom stereocenters. The molecule has 0 spiro atoms. The Labute approximate surface area is 112 Å². The van der Waals surface area contributed by atoms with E-state index in [1.54, 1.807) is 0 Å². The second kappa shape index (κ2) is 4.46. The number of benzene rings is 1. The van der Waals surface area contributed by atoms with Gasteiger partial charge in [0.15, 0.2) is 5.82 Å². The van der Waals surface area contributed by atoms with Crippen molar-refractivity contribution in [2.45, 2.75) is 44.2 Å². The Morgan fingerprint density at radius 2 is 2.11 bits per heavy atom. The quantitative estimate of drug-likeness (QED) is 0.911. The van der Waals surface area contributed by atoms with Crippen molar-refractivity contribution in [3.8, 4) is 0 Å². The molecule has 98 valence electrons. The van der Waals surface area contributed by atoms with Crippen LogP contribution in [-0.2, 0) is 13.0 Å². The van der Waals surface area contributed by atoms with E-state index in [0.29, 0.717) is 24.4 Å². The Morgan fingerprint density at radius 3 is 3.00 bits per heavy atom. The lowest BCUT2D eigenvalue weighted by Crippen LogP contribution is -2.15. The molecule has 0 aliphatic heterocycles. The zero-order chi connectivity index (χ0) is 12.7. The number of aromatic nitrogens is 2. The van der Waals surface area contributed by atoms with E-state index >= 15 is 0 Å². The molecule has 1 saturated carbocycles. The van der Waals surface area contributed by atoms with Gasteiger partial charge in [0.1, 0.15) is 0 Å². The van der Waals surface area contributed by atoms with Gasteiger partial charge in [0.25, 0.3) is 0 Å². The number of fused-ring (bicyclic) bond motifs is 1. The minimum Gasteiger partial charge on any atom is -0.338 e. The van der Waals surface area contributed by atoms with Gasteiger partial charge in [-0.25, -0.2) is 0 Å². The first kappa shape index (κ1) is 11.2. The smallest absolute Gasteiger partial charge is 0.240 e. The predicted octanol–water partition coefficient (Wildman–Crippen LogP) is 2.40. The molecule has 0 amide bonds. The van der Waals surface area contributed by atoms with Crippen molar-refractivity contribution in [2.24, 2.45) is 0 Å². The molecule has 1 aromatic heterocycles. The van der Waals surface area contributed by atoms with Crippen molar-refractivity contribution in [2.75, 3.05) is 0 Å². The summed E-state index contributed by atoms with van der Waals surface area (Å²) in [7, 11) is 0. The van der Waals surface area contributed by atoms with Gasteiger partial charge in [-0.3, -0.25) is 0 Å². The molecular weight excluding hydrogens is 238 g/mol. The third-order valence-electron chi connectivity index (χ3n) is 4.05. The van der Waals surface area contributed by atoms with Crippen LogP contribution in [0.3, 0.4) is 0 Å². The second-order valence-electron chi connectivity index (χ2n) is 5.49. The molecular formula is C15H17N3O. The molecule has 1 fully saturated rings. The number of aryl methyl sites for hydroxylation is 1. The highest BCUT2D eigenvalue weighted by Crippen LogP contribution is 2.36. The van der Waals surface area contributed by atoms with Gasteiger partial charge < -0.3 is 9.84 Å². The normalized spacial score (nSPS) is 21.6. The van der Waals surface area contributed by atoms with Crippen molar-refractivity contribution in [3.05, 3.63) is 47.1 Å². The maximum atomic E-state index is 5.35. The summed E-state index contributed by atoms with van der Waals surface area (Å²) >= 11 is 0. The van der Waals surface area contributed by atoms with Crippen LogP contribution < -0.4 is 5.32 Å². The van der Waals surface area contributed by atoms with Gasteiger partial charge in [0.05, 0.1) is 6.54 Å². The lowest BCUT2D eigenvalue weighted by molar-refractivity contribution is 0.361. The lowest BCUT2D eigenvalue weighted by Gasteiger charge is -2.05. The van der Waals surface area contributed by atoms with Crippen LogP contribution in [0.25, 0.3) is 0 Å². The van der Waals surface area contributed by atoms with E-state index in [-0.39, 0.29) is 0 Å². The van der Waals surface area contributed by atoms with Crippen LogP contribution in [-0.4, -0.2) is 16.2 Å². The summed E-state index contributed by atoms with van der Waals surface area (Å²) in [5.74, 6) is 1.87. The Morgan fingerprint density at radius 1 is 1.21 bits per heavy atom. The Kier molecular flexibility index (Phi) is 2.62. The molecule has 1 heterocycles. The van der Waals surface area contributed by atoms with Gasteiger partial charge in [-0.1, -0.05) is 29.4 Å². The monoisotopic (exact) mass is 255 g/mol. The molecule has 19 heavy (non-hydrogen) atoms. The van der Waals surface area contributed by atoms with Crippen LogP contribution in [0, 0.1) is 0 Å². The zero-order valence-corrected chi connectivity index (χ0v) is 10.8. The fourth-order valence-corrected chi connectivity index (χ4v) is 2.83. The Hall–Kier alpha value is -1.68. The molecule has 0 radical (unpaired) electrons. The van der Waals surface area contributed by atoms with Crippen molar-refractivity contribution >= 4 is 0 Å². The van der Waals surface area contributed by atoms with Crippen LogP contribution >= 0.6 is 0 Å². The van der Waals surface area contributed by atoms with Crippen molar-refractivity contribution in [3.63, 3.8) is 0 Å². The highest BCUT2D eigenvalue weighted by atomic mass is 16.5. The first-order valence-electron chi connectivity index (χ1n) is 7.04. The Balaban J connectivity index is 1.53. The largest absolute Gasteiger partial charge is 0.338 e. The lowest BCUT2D eigenvalue weighted by atomic mass is 10.0. The molecule has 1 unspecified atom stereocenters. The van der Waals surface area contributed by atoms with Gasteiger partial charge in [-0.2, -0.15) is 4.98 Å². The SMILES string of the molecule is c1ccc2c(c1)CCC2c1noc(CNC2CC2)n1. The standard InChI is InChI=1S/C15H17N3O/c1-2-4-12-10(3-1)5-8-13(12)15-17-14(19-18-15)9-16-11-6-7-11/h1-4,11,13,16H,5-9H2. The van der Waals surface area contributed by atoms with E-state index in [2.05, 4.69) is 39.7 Å². The molecule has 2 aromatic rings. The van der Waals surface area contributed by atoms with Crippen LogP contribution in [0.5, 0.6) is 0 Å². The summed E-state index contributed by atoms with van der Waals surface area (Å²) in [5, 5.41) is 7.57. The maximum Gasteiger partial charge on any atom is 0.240 e. The van der Waals surface area contributed by atoms with Crippen LogP contribution in [0.15, 0.2) is 28.8 Å². The molecule has 1 N–H and O–H groups in total. The topological polar surface area (TPSA) is 51.0 Å². The summed E-state index contributed by atoms with van der Waals surface area (Å²) in [6.07, 6.45) is 4.76. The fourth-order valence-electron chi connectivity index (χ4n) is 2.83. The average molecular weight is 255 g/mol.